The third kappa shape index (κ3) is 7.14. The number of carbonyl (C=O) groups excluding carboxylic acids is 3. The lowest BCUT2D eigenvalue weighted by molar-refractivity contribution is -0.141. The second-order valence-electron chi connectivity index (χ2n) is 16.7. The van der Waals surface area contributed by atoms with Gasteiger partial charge < -0.3 is 36.1 Å². The van der Waals surface area contributed by atoms with Crippen LogP contribution in [0.1, 0.15) is 105 Å². The summed E-state index contributed by atoms with van der Waals surface area (Å²) in [6, 6.07) is 18.9. The van der Waals surface area contributed by atoms with Crippen molar-refractivity contribution < 1.29 is 47.2 Å². The van der Waals surface area contributed by atoms with Gasteiger partial charge in [0.2, 0.25) is 0 Å². The second-order valence-corrected chi connectivity index (χ2v) is 19.1. The number of anilines is 2. The van der Waals surface area contributed by atoms with Gasteiger partial charge in [-0.3, -0.25) is 9.59 Å². The van der Waals surface area contributed by atoms with Crippen molar-refractivity contribution in [2.45, 2.75) is 75.9 Å². The molecule has 1 spiro atoms. The zero-order chi connectivity index (χ0) is 43.2. The Kier molecular flexibility index (Phi) is 9.66. The second kappa shape index (κ2) is 14.6. The van der Waals surface area contributed by atoms with Crippen molar-refractivity contribution in [2.24, 2.45) is 11.1 Å². The molecule has 6 N–H and O–H groups in total. The number of carbonyl (C=O) groups is 3. The summed E-state index contributed by atoms with van der Waals surface area (Å²) in [5.74, 6) is -1.36. The highest BCUT2D eigenvalue weighted by Crippen LogP contribution is 2.57. The van der Waals surface area contributed by atoms with Crippen LogP contribution >= 0.6 is 20.8 Å². The van der Waals surface area contributed by atoms with Gasteiger partial charge in [-0.1, -0.05) is 40.7 Å². The van der Waals surface area contributed by atoms with Crippen molar-refractivity contribution in [1.29, 1.82) is 0 Å². The van der Waals surface area contributed by atoms with Crippen LogP contribution in [-0.4, -0.2) is 54.1 Å². The standard InChI is InChI=1S/C44H39F3N5O7PS/c1-42(2)19-33-37(34(55)20-42)38(44(45,46)47)51-52(33)23-6-11-27(39(48)56)32(16-23)49-21-3-9-26(10-4-21)60-41(61)50-22-5-12-29-28(15-22)40(57)59-43(29)30-13-7-24(53)17-35(30)58-36-18-25(54)8-14-31(36)43/h5-8,11-18,21,26,49,53-54,60H,3-4,9-10,19-20H2,1-2H3,(H2,48,56)(H,50,61). The van der Waals surface area contributed by atoms with Gasteiger partial charge in [0.05, 0.1) is 32.8 Å². The molecule has 1 fully saturated rings. The molecule has 5 aromatic rings. The lowest BCUT2D eigenvalue weighted by Gasteiger charge is -2.36. The number of aromatic hydroxyl groups is 2. The van der Waals surface area contributed by atoms with E-state index >= 15 is 0 Å². The number of amides is 1. The molecule has 4 aliphatic rings. The minimum Gasteiger partial charge on any atom is -0.508 e. The maximum absolute atomic E-state index is 14.1. The van der Waals surface area contributed by atoms with Gasteiger partial charge in [-0.25, -0.2) is 9.48 Å². The largest absolute Gasteiger partial charge is 0.508 e. The van der Waals surface area contributed by atoms with Crippen LogP contribution in [0.5, 0.6) is 23.0 Å². The normalized spacial score (nSPS) is 19.7. The number of nitrogens with two attached hydrogens (primary N) is 1. The lowest BCUT2D eigenvalue weighted by Crippen LogP contribution is -2.32. The van der Waals surface area contributed by atoms with E-state index in [1.54, 1.807) is 30.3 Å². The number of benzene rings is 4. The molecule has 1 atom stereocenters. The van der Waals surface area contributed by atoms with E-state index in [2.05, 4.69) is 15.7 Å². The molecule has 2 aliphatic carbocycles. The number of alkyl halides is 3. The Morgan fingerprint density at radius 1 is 0.918 bits per heavy atom. The van der Waals surface area contributed by atoms with E-state index in [4.69, 9.17) is 27.4 Å². The number of phenolic OH excluding ortho intramolecular Hbond substituents is 2. The van der Waals surface area contributed by atoms with E-state index in [1.807, 2.05) is 19.9 Å². The van der Waals surface area contributed by atoms with Gasteiger partial charge in [0.25, 0.3) is 5.91 Å². The monoisotopic (exact) mass is 869 g/mol. The predicted molar refractivity (Wildman–Crippen MR) is 226 cm³/mol. The number of hydrogen-bond acceptors (Lipinski definition) is 10. The number of hydrogen-bond donors (Lipinski definition) is 5. The van der Waals surface area contributed by atoms with Crippen LogP contribution in [0.4, 0.5) is 24.5 Å². The van der Waals surface area contributed by atoms with E-state index in [-0.39, 0.29) is 73.1 Å². The molecule has 314 valence electrons. The van der Waals surface area contributed by atoms with Crippen molar-refractivity contribution in [3.05, 3.63) is 118 Å². The van der Waals surface area contributed by atoms with E-state index in [0.29, 0.717) is 38.4 Å². The topological polar surface area (TPSA) is 178 Å². The molecular weight excluding hydrogens is 831 g/mol. The first-order chi connectivity index (χ1) is 28.9. The molecule has 9 rings (SSSR count). The predicted octanol–water partition coefficient (Wildman–Crippen LogP) is 8.92. The van der Waals surface area contributed by atoms with Crippen LogP contribution in [-0.2, 0) is 22.9 Å². The average Bonchev–Trinajstić information content (AvgIpc) is 3.70. The zero-order valence-electron chi connectivity index (χ0n) is 32.8. The fourth-order valence-corrected chi connectivity index (χ4v) is 10.9. The quantitative estimate of drug-likeness (QED) is 0.0600. The van der Waals surface area contributed by atoms with Gasteiger partial charge in [0, 0.05) is 52.7 Å². The summed E-state index contributed by atoms with van der Waals surface area (Å²) in [5, 5.41) is 31.0. The molecule has 2 aliphatic heterocycles. The summed E-state index contributed by atoms with van der Waals surface area (Å²) in [7, 11) is 0.263. The van der Waals surface area contributed by atoms with E-state index in [1.165, 1.54) is 41.1 Å². The van der Waals surface area contributed by atoms with Gasteiger partial charge in [-0.15, -0.1) is 0 Å². The first-order valence-electron chi connectivity index (χ1n) is 19.6. The molecule has 1 unspecified atom stereocenters. The Bertz CT molecular complexity index is 2660. The van der Waals surface area contributed by atoms with Crippen molar-refractivity contribution in [2.75, 3.05) is 10.6 Å². The zero-order valence-corrected chi connectivity index (χ0v) is 34.6. The Hall–Kier alpha value is -5.99. The lowest BCUT2D eigenvalue weighted by atomic mass is 9.75. The number of nitrogens with zero attached hydrogens (tertiary/aromatic N) is 2. The number of fused-ring (bicyclic) bond motifs is 7. The summed E-state index contributed by atoms with van der Waals surface area (Å²) in [4.78, 5) is 39.1. The molecule has 1 aromatic heterocycles. The number of ether oxygens (including phenoxy) is 2. The van der Waals surface area contributed by atoms with Gasteiger partial charge >= 0.3 is 12.1 Å². The smallest absolute Gasteiger partial charge is 0.435 e. The number of nitrogens with one attached hydrogen (secondary N) is 2. The van der Waals surface area contributed by atoms with Crippen LogP contribution in [0.3, 0.4) is 0 Å². The number of aromatic nitrogens is 2. The first kappa shape index (κ1) is 40.4. The number of phenols is 2. The minimum atomic E-state index is -4.83. The van der Waals surface area contributed by atoms with Crippen molar-refractivity contribution >= 4 is 54.6 Å². The van der Waals surface area contributed by atoms with Crippen LogP contribution in [0.25, 0.3) is 5.69 Å². The molecular formula is C44H39F3N5O7PS. The van der Waals surface area contributed by atoms with Crippen LogP contribution in [0.2, 0.25) is 0 Å². The Balaban J connectivity index is 0.888. The molecule has 12 nitrogen and oxygen atoms in total. The molecule has 1 saturated carbocycles. The van der Waals surface area contributed by atoms with Gasteiger partial charge in [0.15, 0.2) is 17.1 Å². The summed E-state index contributed by atoms with van der Waals surface area (Å²) in [5.41, 5.74) is 5.97. The number of ketones is 1. The fourth-order valence-electron chi connectivity index (χ4n) is 9.10. The maximum Gasteiger partial charge on any atom is 0.435 e. The highest BCUT2D eigenvalue weighted by Gasteiger charge is 2.54. The third-order valence-electron chi connectivity index (χ3n) is 11.8. The summed E-state index contributed by atoms with van der Waals surface area (Å²) >= 11 is 5.81. The van der Waals surface area contributed by atoms with Crippen LogP contribution < -0.4 is 21.1 Å². The summed E-state index contributed by atoms with van der Waals surface area (Å²) in [6.07, 6.45) is -1.62. The number of halogens is 3. The SMILES string of the molecule is CC1(C)CC(=O)c2c(C(F)(F)F)nn(-c3ccc(C(N)=O)c(NC4CCC(PC(=S)Nc5ccc6c(c5)C(=O)OC65c6ccc(O)cc6Oc6cc(O)ccc65)CC4)c3)c2C1. The maximum atomic E-state index is 14.1. The van der Waals surface area contributed by atoms with Crippen molar-refractivity contribution in [1.82, 2.24) is 9.78 Å². The molecule has 61 heavy (non-hydrogen) atoms. The van der Waals surface area contributed by atoms with Crippen LogP contribution in [0.15, 0.2) is 72.8 Å². The Morgan fingerprint density at radius 3 is 2.21 bits per heavy atom. The number of esters is 1. The molecule has 3 heterocycles. The Morgan fingerprint density at radius 2 is 1.57 bits per heavy atom. The number of Topliss-reactive ketones (excluding diaryl/α,β-unsaturated/α-hetero) is 1. The molecule has 4 aromatic carbocycles. The third-order valence-corrected chi connectivity index (χ3v) is 13.6. The van der Waals surface area contributed by atoms with Crippen molar-refractivity contribution in [3.63, 3.8) is 0 Å². The van der Waals surface area contributed by atoms with E-state index < -0.39 is 46.1 Å². The van der Waals surface area contributed by atoms with Gasteiger partial charge in [0.1, 0.15) is 23.0 Å². The Labute approximate surface area is 354 Å². The summed E-state index contributed by atoms with van der Waals surface area (Å²) < 4.78 is 56.4. The van der Waals surface area contributed by atoms with Gasteiger partial charge in [-0.05, 0) is 97.8 Å². The molecule has 17 heteroatoms. The first-order valence-corrected chi connectivity index (χ1v) is 21.1. The fraction of sp³-hybridized carbons (Fsp3) is 0.295. The number of rotatable bonds is 7. The molecule has 0 saturated heterocycles. The van der Waals surface area contributed by atoms with E-state index in [0.717, 1.165) is 25.7 Å². The van der Waals surface area contributed by atoms with E-state index in [9.17, 15) is 37.8 Å². The summed E-state index contributed by atoms with van der Waals surface area (Å²) in [6.45, 7) is 3.66. The molecule has 0 bridgehead atoms. The molecule has 1 amide bonds. The number of thiocarbonyl (C=S) groups is 1. The van der Waals surface area contributed by atoms with Crippen LogP contribution in [0, 0.1) is 5.41 Å². The highest BCUT2D eigenvalue weighted by molar-refractivity contribution is 7.93. The highest BCUT2D eigenvalue weighted by atomic mass is 32.1. The van der Waals surface area contributed by atoms with Crippen molar-refractivity contribution in [3.8, 4) is 28.7 Å². The minimum absolute atomic E-state index is 0.0267. The van der Waals surface area contributed by atoms with Gasteiger partial charge in [-0.2, -0.15) is 18.3 Å². The average molecular weight is 870 g/mol. The number of primary amides is 1. The molecule has 0 radical (unpaired) electrons.